The van der Waals surface area contributed by atoms with Crippen molar-refractivity contribution in [2.45, 2.75) is 65.6 Å². The van der Waals surface area contributed by atoms with Gasteiger partial charge in [0.15, 0.2) is 0 Å². The topological polar surface area (TPSA) is 40.5 Å². The molecule has 0 amide bonds. The summed E-state index contributed by atoms with van der Waals surface area (Å²) in [5, 5.41) is 21.4. The first-order valence-corrected chi connectivity index (χ1v) is 6.61. The Kier molecular flexibility index (Phi) is 2.50. The van der Waals surface area contributed by atoms with Crippen molar-refractivity contribution in [2.24, 2.45) is 22.7 Å². The third kappa shape index (κ3) is 1.20. The molecular weight excluding hydrogens is 200 g/mol. The summed E-state index contributed by atoms with van der Waals surface area (Å²) < 4.78 is 0. The monoisotopic (exact) mass is 226 g/mol. The number of hydrogen-bond acceptors (Lipinski definition) is 2. The second-order valence-electron chi connectivity index (χ2n) is 7.02. The van der Waals surface area contributed by atoms with E-state index in [1.165, 1.54) is 0 Å². The molecule has 0 aromatic carbocycles. The molecule has 0 saturated heterocycles. The van der Waals surface area contributed by atoms with Gasteiger partial charge in [-0.1, -0.05) is 47.5 Å². The smallest absolute Gasteiger partial charge is 0.0760 e. The molecule has 16 heavy (non-hydrogen) atoms. The molecule has 0 aromatic rings. The van der Waals surface area contributed by atoms with Crippen molar-refractivity contribution in [3.8, 4) is 0 Å². The van der Waals surface area contributed by atoms with Crippen molar-refractivity contribution < 1.29 is 10.2 Å². The second-order valence-corrected chi connectivity index (χ2v) is 7.02. The van der Waals surface area contributed by atoms with Crippen LogP contribution in [0.3, 0.4) is 0 Å². The molecule has 0 aromatic heterocycles. The van der Waals surface area contributed by atoms with Crippen LogP contribution in [0, 0.1) is 22.7 Å². The predicted molar refractivity (Wildman–Crippen MR) is 65.0 cm³/mol. The van der Waals surface area contributed by atoms with Gasteiger partial charge in [0.1, 0.15) is 0 Å². The average Bonchev–Trinajstić information content (AvgIpc) is 2.70. The number of aliphatic hydroxyl groups is 2. The number of aliphatic hydroxyl groups excluding tert-OH is 1. The van der Waals surface area contributed by atoms with Crippen molar-refractivity contribution in [1.29, 1.82) is 0 Å². The first-order valence-electron chi connectivity index (χ1n) is 6.61. The minimum atomic E-state index is -0.670. The second kappa shape index (κ2) is 3.23. The summed E-state index contributed by atoms with van der Waals surface area (Å²) >= 11 is 0. The van der Waals surface area contributed by atoms with Gasteiger partial charge in [-0.3, -0.25) is 0 Å². The fourth-order valence-corrected chi connectivity index (χ4v) is 4.21. The Balaban J connectivity index is 2.28. The lowest BCUT2D eigenvalue weighted by Gasteiger charge is -2.44. The average molecular weight is 226 g/mol. The Hall–Kier alpha value is -0.0800. The van der Waals surface area contributed by atoms with E-state index in [2.05, 4.69) is 20.8 Å². The first kappa shape index (κ1) is 12.4. The van der Waals surface area contributed by atoms with Crippen LogP contribution in [0.5, 0.6) is 0 Å². The van der Waals surface area contributed by atoms with Gasteiger partial charge in [0.05, 0.1) is 11.7 Å². The third-order valence-electron chi connectivity index (χ3n) is 5.53. The molecule has 2 nitrogen and oxygen atoms in total. The highest BCUT2D eigenvalue weighted by molar-refractivity contribution is 5.27. The van der Waals surface area contributed by atoms with Crippen molar-refractivity contribution in [2.75, 3.05) is 0 Å². The summed E-state index contributed by atoms with van der Waals surface area (Å²) in [4.78, 5) is 0. The van der Waals surface area contributed by atoms with Gasteiger partial charge in [0, 0.05) is 5.41 Å². The molecule has 0 bridgehead atoms. The van der Waals surface area contributed by atoms with E-state index in [0.717, 1.165) is 19.3 Å². The maximum atomic E-state index is 11.0. The van der Waals surface area contributed by atoms with Crippen LogP contribution in [0.15, 0.2) is 0 Å². The molecule has 94 valence electrons. The molecule has 0 radical (unpaired) electrons. The van der Waals surface area contributed by atoms with Crippen LogP contribution in [0.25, 0.3) is 0 Å². The fraction of sp³-hybridized carbons (Fsp3) is 1.00. The van der Waals surface area contributed by atoms with E-state index in [4.69, 9.17) is 0 Å². The van der Waals surface area contributed by atoms with Gasteiger partial charge in [-0.05, 0) is 23.7 Å². The van der Waals surface area contributed by atoms with Gasteiger partial charge in [0.25, 0.3) is 0 Å². The van der Waals surface area contributed by atoms with Crippen LogP contribution in [-0.4, -0.2) is 21.9 Å². The first-order chi connectivity index (χ1) is 7.21. The Bertz CT molecular complexity index is 295. The summed E-state index contributed by atoms with van der Waals surface area (Å²) in [7, 11) is 0. The van der Waals surface area contributed by atoms with E-state index in [1.807, 2.05) is 13.8 Å². The summed E-state index contributed by atoms with van der Waals surface area (Å²) in [5.41, 5.74) is -0.902. The van der Waals surface area contributed by atoms with Gasteiger partial charge < -0.3 is 10.2 Å². The van der Waals surface area contributed by atoms with E-state index in [9.17, 15) is 10.2 Å². The number of rotatable bonds is 3. The van der Waals surface area contributed by atoms with Crippen molar-refractivity contribution in [1.82, 2.24) is 0 Å². The normalized spacial score (nSPS) is 47.8. The molecule has 2 saturated carbocycles. The predicted octanol–water partition coefficient (Wildman–Crippen LogP) is 2.58. The SMILES string of the molecule is CCCC[C@]1(O)[C@@H]2[C@H]([C@@H](O)C1(C)C)C2(C)C. The highest BCUT2D eigenvalue weighted by Gasteiger charge is 2.79. The van der Waals surface area contributed by atoms with Crippen molar-refractivity contribution in [3.63, 3.8) is 0 Å². The highest BCUT2D eigenvalue weighted by atomic mass is 16.3. The third-order valence-corrected chi connectivity index (χ3v) is 5.53. The van der Waals surface area contributed by atoms with Crippen LogP contribution in [-0.2, 0) is 0 Å². The zero-order valence-corrected chi connectivity index (χ0v) is 11.2. The molecule has 4 atom stereocenters. The summed E-state index contributed by atoms with van der Waals surface area (Å²) in [6.45, 7) is 10.6. The van der Waals surface area contributed by atoms with E-state index in [1.54, 1.807) is 0 Å². The van der Waals surface area contributed by atoms with Crippen molar-refractivity contribution >= 4 is 0 Å². The molecule has 0 unspecified atom stereocenters. The molecule has 2 fully saturated rings. The van der Waals surface area contributed by atoms with E-state index >= 15 is 0 Å². The Morgan fingerprint density at radius 1 is 1.12 bits per heavy atom. The van der Waals surface area contributed by atoms with E-state index in [-0.39, 0.29) is 22.9 Å². The zero-order chi connectivity index (χ0) is 12.4. The van der Waals surface area contributed by atoms with Crippen LogP contribution >= 0.6 is 0 Å². The molecule has 2 N–H and O–H groups in total. The van der Waals surface area contributed by atoms with Gasteiger partial charge >= 0.3 is 0 Å². The quantitative estimate of drug-likeness (QED) is 0.776. The Labute approximate surface area is 99.1 Å². The molecule has 2 aliphatic rings. The van der Waals surface area contributed by atoms with Gasteiger partial charge in [0.2, 0.25) is 0 Å². The molecule has 2 heteroatoms. The lowest BCUT2D eigenvalue weighted by molar-refractivity contribution is -0.126. The van der Waals surface area contributed by atoms with Crippen LogP contribution in [0.2, 0.25) is 0 Å². The zero-order valence-electron chi connectivity index (χ0n) is 11.2. The number of unbranched alkanes of at least 4 members (excludes halogenated alkanes) is 1. The molecular formula is C14H26O2. The maximum absolute atomic E-state index is 11.0. The standard InChI is InChI=1S/C14H26O2/c1-6-7-8-14(16)10-9(12(10,2)3)11(15)13(14,4)5/h9-11,15-16H,6-8H2,1-5H3/t9-,10-,11-,14+/m1/s1. The minimum absolute atomic E-state index is 0.122. The number of fused-ring (bicyclic) bond motifs is 1. The lowest BCUT2D eigenvalue weighted by Crippen LogP contribution is -2.50. The summed E-state index contributed by atoms with van der Waals surface area (Å²) in [5.74, 6) is 0.584. The molecule has 0 aliphatic heterocycles. The molecule has 2 aliphatic carbocycles. The minimum Gasteiger partial charge on any atom is -0.392 e. The van der Waals surface area contributed by atoms with Crippen LogP contribution in [0.1, 0.15) is 53.9 Å². The molecule has 0 spiro atoms. The molecule has 2 rings (SSSR count). The Morgan fingerprint density at radius 3 is 2.12 bits per heavy atom. The van der Waals surface area contributed by atoms with Gasteiger partial charge in [-0.25, -0.2) is 0 Å². The molecule has 0 heterocycles. The van der Waals surface area contributed by atoms with Gasteiger partial charge in [-0.15, -0.1) is 0 Å². The summed E-state index contributed by atoms with van der Waals surface area (Å²) in [6.07, 6.45) is 2.63. The largest absolute Gasteiger partial charge is 0.392 e. The van der Waals surface area contributed by atoms with Gasteiger partial charge in [-0.2, -0.15) is 0 Å². The van der Waals surface area contributed by atoms with Crippen molar-refractivity contribution in [3.05, 3.63) is 0 Å². The van der Waals surface area contributed by atoms with E-state index in [0.29, 0.717) is 5.92 Å². The highest BCUT2D eigenvalue weighted by Crippen LogP contribution is 2.76. The maximum Gasteiger partial charge on any atom is 0.0760 e. The van der Waals surface area contributed by atoms with Crippen LogP contribution in [0.4, 0.5) is 0 Å². The fourth-order valence-electron chi connectivity index (χ4n) is 4.21. The number of hydrogen-bond donors (Lipinski definition) is 2. The summed E-state index contributed by atoms with van der Waals surface area (Å²) in [6, 6.07) is 0. The Morgan fingerprint density at radius 2 is 1.69 bits per heavy atom. The lowest BCUT2D eigenvalue weighted by atomic mass is 9.67. The van der Waals surface area contributed by atoms with Crippen LogP contribution < -0.4 is 0 Å². The van der Waals surface area contributed by atoms with E-state index < -0.39 is 5.60 Å².